The first-order chi connectivity index (χ1) is 10.1. The Morgan fingerprint density at radius 1 is 1.32 bits per heavy atom. The van der Waals surface area contributed by atoms with Crippen LogP contribution in [0.1, 0.15) is 20.8 Å². The zero-order valence-electron chi connectivity index (χ0n) is 12.4. The maximum atomic E-state index is 13.4. The molecule has 0 bridgehead atoms. The van der Waals surface area contributed by atoms with E-state index in [4.69, 9.17) is 14.6 Å². The molecular weight excluding hydrogens is 300 g/mol. The quantitative estimate of drug-likeness (QED) is 0.870. The lowest BCUT2D eigenvalue weighted by atomic mass is 10.2. The summed E-state index contributed by atoms with van der Waals surface area (Å²) in [6.45, 7) is 4.31. The topological polar surface area (TPSA) is 84.9 Å². The van der Waals surface area contributed by atoms with Crippen molar-refractivity contribution in [2.75, 3.05) is 6.61 Å². The molecule has 8 heteroatoms. The van der Waals surface area contributed by atoms with Crippen LogP contribution in [0, 0.1) is 11.6 Å². The van der Waals surface area contributed by atoms with E-state index >= 15 is 0 Å². The number of rotatable bonds is 5. The zero-order chi connectivity index (χ0) is 16.9. The highest BCUT2D eigenvalue weighted by atomic mass is 19.1. The van der Waals surface area contributed by atoms with Crippen LogP contribution in [0.5, 0.6) is 5.75 Å². The lowest BCUT2D eigenvalue weighted by Crippen LogP contribution is -2.46. The molecule has 0 fully saturated rings. The Morgan fingerprint density at radius 2 is 1.95 bits per heavy atom. The van der Waals surface area contributed by atoms with E-state index in [0.717, 1.165) is 12.1 Å². The molecule has 1 aromatic carbocycles. The van der Waals surface area contributed by atoms with Crippen LogP contribution in [0.4, 0.5) is 13.6 Å². The second-order valence-electron chi connectivity index (χ2n) is 5.42. The van der Waals surface area contributed by atoms with Crippen molar-refractivity contribution < 1.29 is 33.0 Å². The average Bonchev–Trinajstić information content (AvgIpc) is 2.33. The third kappa shape index (κ3) is 5.94. The van der Waals surface area contributed by atoms with Gasteiger partial charge in [0.1, 0.15) is 18.0 Å². The summed E-state index contributed by atoms with van der Waals surface area (Å²) in [5, 5.41) is 11.1. The minimum Gasteiger partial charge on any atom is -0.488 e. The number of aliphatic carboxylic acids is 1. The van der Waals surface area contributed by atoms with Gasteiger partial charge in [0, 0.05) is 6.07 Å². The van der Waals surface area contributed by atoms with E-state index in [-0.39, 0.29) is 5.75 Å². The summed E-state index contributed by atoms with van der Waals surface area (Å²) in [6, 6.07) is 1.15. The van der Waals surface area contributed by atoms with E-state index in [0.29, 0.717) is 6.07 Å². The average molecular weight is 317 g/mol. The monoisotopic (exact) mass is 317 g/mol. The fourth-order valence-electron chi connectivity index (χ4n) is 1.39. The lowest BCUT2D eigenvalue weighted by Gasteiger charge is -2.22. The molecule has 6 nitrogen and oxygen atoms in total. The van der Waals surface area contributed by atoms with Crippen molar-refractivity contribution in [2.24, 2.45) is 0 Å². The third-order valence-electron chi connectivity index (χ3n) is 2.29. The lowest BCUT2D eigenvalue weighted by molar-refractivity contribution is -0.140. The van der Waals surface area contributed by atoms with Crippen molar-refractivity contribution in [2.45, 2.75) is 32.4 Å². The van der Waals surface area contributed by atoms with Gasteiger partial charge < -0.3 is 19.9 Å². The van der Waals surface area contributed by atoms with E-state index in [2.05, 4.69) is 5.32 Å². The number of amides is 1. The summed E-state index contributed by atoms with van der Waals surface area (Å²) >= 11 is 0. The van der Waals surface area contributed by atoms with E-state index in [9.17, 15) is 18.4 Å². The fourth-order valence-corrected chi connectivity index (χ4v) is 1.39. The number of alkyl carbamates (subject to hydrolysis) is 1. The second kappa shape index (κ2) is 7.06. The molecule has 0 radical (unpaired) electrons. The van der Waals surface area contributed by atoms with Gasteiger partial charge in [0.05, 0.1) is 0 Å². The van der Waals surface area contributed by atoms with Gasteiger partial charge in [-0.2, -0.15) is 0 Å². The van der Waals surface area contributed by atoms with E-state index in [1.807, 2.05) is 0 Å². The third-order valence-corrected chi connectivity index (χ3v) is 2.29. The van der Waals surface area contributed by atoms with Gasteiger partial charge >= 0.3 is 12.1 Å². The molecule has 0 heterocycles. The highest BCUT2D eigenvalue weighted by molar-refractivity contribution is 5.80. The molecule has 122 valence electrons. The van der Waals surface area contributed by atoms with E-state index < -0.39 is 41.9 Å². The predicted octanol–water partition coefficient (Wildman–Crippen LogP) is 2.32. The number of hydrogen-bond donors (Lipinski definition) is 2. The van der Waals surface area contributed by atoms with Gasteiger partial charge in [0.15, 0.2) is 17.6 Å². The second-order valence-corrected chi connectivity index (χ2v) is 5.42. The summed E-state index contributed by atoms with van der Waals surface area (Å²) in [5.41, 5.74) is -0.795. The highest BCUT2D eigenvalue weighted by Gasteiger charge is 2.25. The van der Waals surface area contributed by atoms with Crippen molar-refractivity contribution in [3.05, 3.63) is 29.8 Å². The van der Waals surface area contributed by atoms with Crippen LogP contribution in [0.15, 0.2) is 18.2 Å². The van der Waals surface area contributed by atoms with Crippen molar-refractivity contribution in [3.63, 3.8) is 0 Å². The van der Waals surface area contributed by atoms with Crippen molar-refractivity contribution in [3.8, 4) is 5.75 Å². The molecule has 0 aromatic heterocycles. The molecular formula is C14H17F2NO5. The smallest absolute Gasteiger partial charge is 0.408 e. The molecule has 1 rings (SSSR count). The number of carbonyl (C=O) groups excluding carboxylic acids is 1. The summed E-state index contributed by atoms with van der Waals surface area (Å²) < 4.78 is 36.0. The molecule has 0 aliphatic carbocycles. The zero-order valence-corrected chi connectivity index (χ0v) is 12.4. The van der Waals surface area contributed by atoms with Crippen LogP contribution in [-0.4, -0.2) is 35.4 Å². The Kier molecular flexibility index (Phi) is 5.67. The summed E-state index contributed by atoms with van der Waals surface area (Å²) in [5.74, 6) is -3.46. The number of nitrogens with one attached hydrogen (secondary N) is 1. The van der Waals surface area contributed by atoms with E-state index in [1.54, 1.807) is 20.8 Å². The largest absolute Gasteiger partial charge is 0.488 e. The number of halogens is 2. The van der Waals surface area contributed by atoms with Gasteiger partial charge in [0.2, 0.25) is 0 Å². The maximum Gasteiger partial charge on any atom is 0.408 e. The molecule has 1 atom stereocenters. The number of carboxylic acid groups (broad SMARTS) is 1. The molecule has 0 saturated carbocycles. The van der Waals surface area contributed by atoms with Crippen molar-refractivity contribution in [1.29, 1.82) is 0 Å². The first kappa shape index (κ1) is 17.7. The molecule has 0 aliphatic heterocycles. The van der Waals surface area contributed by atoms with Crippen molar-refractivity contribution in [1.82, 2.24) is 5.32 Å². The standard InChI is InChI=1S/C14H17F2NO5/c1-14(2,3)22-13(20)17-10(12(18)19)7-21-11-5-4-8(15)6-9(11)16/h4-6,10H,7H2,1-3H3,(H,17,20)(H,18,19)/t10-/m1/s1. The van der Waals surface area contributed by atoms with E-state index in [1.165, 1.54) is 0 Å². The van der Waals surface area contributed by atoms with Crippen LogP contribution < -0.4 is 10.1 Å². The van der Waals surface area contributed by atoms with Crippen LogP contribution in [-0.2, 0) is 9.53 Å². The van der Waals surface area contributed by atoms with Crippen LogP contribution in [0.25, 0.3) is 0 Å². The van der Waals surface area contributed by atoms with Crippen LogP contribution >= 0.6 is 0 Å². The molecule has 0 spiro atoms. The SMILES string of the molecule is CC(C)(C)OC(=O)N[C@H](COc1ccc(F)cc1F)C(=O)O. The minimum atomic E-state index is -1.45. The Labute approximate surface area is 126 Å². The van der Waals surface area contributed by atoms with Gasteiger partial charge in [-0.15, -0.1) is 0 Å². The normalized spacial score (nSPS) is 12.4. The first-order valence-electron chi connectivity index (χ1n) is 6.38. The molecule has 2 N–H and O–H groups in total. The Balaban J connectivity index is 2.65. The molecule has 22 heavy (non-hydrogen) atoms. The summed E-state index contributed by atoms with van der Waals surface area (Å²) in [6.07, 6.45) is -0.942. The molecule has 0 unspecified atom stereocenters. The van der Waals surface area contributed by atoms with Crippen molar-refractivity contribution >= 4 is 12.1 Å². The van der Waals surface area contributed by atoms with Gasteiger partial charge in [-0.05, 0) is 32.9 Å². The Morgan fingerprint density at radius 3 is 2.45 bits per heavy atom. The summed E-state index contributed by atoms with van der Waals surface area (Å²) in [4.78, 5) is 22.6. The first-order valence-corrected chi connectivity index (χ1v) is 6.38. The minimum absolute atomic E-state index is 0.321. The highest BCUT2D eigenvalue weighted by Crippen LogP contribution is 2.17. The summed E-state index contributed by atoms with van der Waals surface area (Å²) in [7, 11) is 0. The Hall–Kier alpha value is -2.38. The van der Waals surface area contributed by atoms with Gasteiger partial charge in [-0.3, -0.25) is 0 Å². The van der Waals surface area contributed by atoms with Gasteiger partial charge in [-0.1, -0.05) is 0 Å². The molecule has 1 amide bonds. The number of benzene rings is 1. The number of hydrogen-bond acceptors (Lipinski definition) is 4. The number of ether oxygens (including phenoxy) is 2. The van der Waals surface area contributed by atoms with Gasteiger partial charge in [0.25, 0.3) is 0 Å². The van der Waals surface area contributed by atoms with Crippen LogP contribution in [0.2, 0.25) is 0 Å². The molecule has 1 aromatic rings. The Bertz CT molecular complexity index is 557. The predicted molar refractivity (Wildman–Crippen MR) is 72.6 cm³/mol. The van der Waals surface area contributed by atoms with Gasteiger partial charge in [-0.25, -0.2) is 18.4 Å². The fraction of sp³-hybridized carbons (Fsp3) is 0.429. The number of carboxylic acids is 1. The van der Waals surface area contributed by atoms with Crippen LogP contribution in [0.3, 0.4) is 0 Å². The molecule has 0 saturated heterocycles. The molecule has 0 aliphatic rings. The maximum absolute atomic E-state index is 13.4. The number of carbonyl (C=O) groups is 2.